The van der Waals surface area contributed by atoms with Crippen molar-refractivity contribution in [1.82, 2.24) is 14.7 Å². The van der Waals surface area contributed by atoms with Crippen LogP contribution in [0.1, 0.15) is 32.7 Å². The Labute approximate surface area is 124 Å². The minimum Gasteiger partial charge on any atom is -0.468 e. The fourth-order valence-corrected chi connectivity index (χ4v) is 2.61. The molecule has 116 valence electrons. The third kappa shape index (κ3) is 3.60. The Morgan fingerprint density at radius 3 is 2.95 bits per heavy atom. The van der Waals surface area contributed by atoms with Crippen LogP contribution in [0.2, 0.25) is 0 Å². The largest absolute Gasteiger partial charge is 0.468 e. The number of rotatable bonds is 5. The van der Waals surface area contributed by atoms with Crippen LogP contribution in [0.25, 0.3) is 0 Å². The number of carbonyl (C=O) groups excluding carboxylic acids is 2. The molecule has 1 fully saturated rings. The van der Waals surface area contributed by atoms with Crippen molar-refractivity contribution in [3.05, 3.63) is 12.3 Å². The fourth-order valence-electron chi connectivity index (χ4n) is 2.61. The summed E-state index contributed by atoms with van der Waals surface area (Å²) in [6, 6.07) is 1.63. The lowest BCUT2D eigenvalue weighted by atomic mass is 10.2. The lowest BCUT2D eigenvalue weighted by Gasteiger charge is -2.21. The number of likely N-dealkylation sites (tertiary alicyclic amines) is 1. The number of anilines is 1. The first-order chi connectivity index (χ1) is 10.0. The number of amides is 1. The van der Waals surface area contributed by atoms with E-state index in [1.165, 1.54) is 7.11 Å². The van der Waals surface area contributed by atoms with E-state index in [1.807, 2.05) is 18.7 Å². The van der Waals surface area contributed by atoms with E-state index in [-0.39, 0.29) is 30.5 Å². The average Bonchev–Trinajstić information content (AvgIpc) is 3.06. The molecule has 1 unspecified atom stereocenters. The molecule has 7 heteroatoms. The molecule has 1 aromatic rings. The van der Waals surface area contributed by atoms with Gasteiger partial charge in [0.1, 0.15) is 11.9 Å². The van der Waals surface area contributed by atoms with E-state index < -0.39 is 0 Å². The normalized spacial score (nSPS) is 19.0. The molecule has 2 heterocycles. The van der Waals surface area contributed by atoms with E-state index in [0.717, 1.165) is 19.4 Å². The lowest BCUT2D eigenvalue weighted by Crippen LogP contribution is -2.41. The molecule has 1 saturated heterocycles. The van der Waals surface area contributed by atoms with Crippen molar-refractivity contribution < 1.29 is 14.3 Å². The van der Waals surface area contributed by atoms with Crippen molar-refractivity contribution in [2.75, 3.05) is 25.5 Å². The zero-order valence-corrected chi connectivity index (χ0v) is 12.7. The summed E-state index contributed by atoms with van der Waals surface area (Å²) >= 11 is 0. The van der Waals surface area contributed by atoms with E-state index in [9.17, 15) is 9.59 Å². The van der Waals surface area contributed by atoms with Crippen LogP contribution < -0.4 is 5.32 Å². The highest BCUT2D eigenvalue weighted by Gasteiger charge is 2.32. The summed E-state index contributed by atoms with van der Waals surface area (Å²) in [5, 5.41) is 7.02. The van der Waals surface area contributed by atoms with Crippen molar-refractivity contribution in [2.45, 2.75) is 38.8 Å². The van der Waals surface area contributed by atoms with Crippen LogP contribution in [0.5, 0.6) is 0 Å². The Morgan fingerprint density at radius 2 is 2.29 bits per heavy atom. The van der Waals surface area contributed by atoms with Gasteiger partial charge in [0.2, 0.25) is 5.91 Å². The summed E-state index contributed by atoms with van der Waals surface area (Å²) in [6.45, 7) is 4.91. The summed E-state index contributed by atoms with van der Waals surface area (Å²) in [7, 11) is 1.38. The highest BCUT2D eigenvalue weighted by molar-refractivity contribution is 5.92. The van der Waals surface area contributed by atoms with Gasteiger partial charge in [-0.1, -0.05) is 0 Å². The Morgan fingerprint density at radius 1 is 1.52 bits per heavy atom. The van der Waals surface area contributed by atoms with Crippen molar-refractivity contribution >= 4 is 17.7 Å². The molecule has 0 bridgehead atoms. The first-order valence-corrected chi connectivity index (χ1v) is 7.18. The Balaban J connectivity index is 1.95. The molecular weight excluding hydrogens is 272 g/mol. The summed E-state index contributed by atoms with van der Waals surface area (Å²) in [5.74, 6) is 0.254. The van der Waals surface area contributed by atoms with Crippen molar-refractivity contribution in [3.8, 4) is 0 Å². The summed E-state index contributed by atoms with van der Waals surface area (Å²) in [4.78, 5) is 25.7. The quantitative estimate of drug-likeness (QED) is 0.821. The van der Waals surface area contributed by atoms with E-state index in [4.69, 9.17) is 4.74 Å². The molecule has 1 aliphatic rings. The molecule has 1 atom stereocenters. The molecule has 0 aromatic carbocycles. The maximum absolute atomic E-state index is 12.2. The SMILES string of the molecule is COC(=O)C1CCCN1CC(=O)Nc1ccnn1C(C)C. The second-order valence-corrected chi connectivity index (χ2v) is 5.45. The number of esters is 1. The van der Waals surface area contributed by atoms with Gasteiger partial charge in [-0.25, -0.2) is 4.68 Å². The Kier molecular flexibility index (Phi) is 4.95. The topological polar surface area (TPSA) is 76.5 Å². The molecule has 1 aliphatic heterocycles. The number of methoxy groups -OCH3 is 1. The standard InChI is InChI=1S/C14H22N4O3/c1-10(2)18-12(6-7-15-18)16-13(19)9-17-8-4-5-11(17)14(20)21-3/h6-7,10-11H,4-5,8-9H2,1-3H3,(H,16,19). The van der Waals surface area contributed by atoms with Gasteiger partial charge < -0.3 is 10.1 Å². The maximum atomic E-state index is 12.2. The van der Waals surface area contributed by atoms with Crippen LogP contribution in [-0.4, -0.2) is 52.8 Å². The zero-order valence-electron chi connectivity index (χ0n) is 12.7. The maximum Gasteiger partial charge on any atom is 0.323 e. The van der Waals surface area contributed by atoms with Gasteiger partial charge in [-0.3, -0.25) is 14.5 Å². The van der Waals surface area contributed by atoms with Crippen LogP contribution in [-0.2, 0) is 14.3 Å². The predicted molar refractivity (Wildman–Crippen MR) is 77.9 cm³/mol. The molecule has 1 N–H and O–H groups in total. The minimum atomic E-state index is -0.309. The number of nitrogens with zero attached hydrogens (tertiary/aromatic N) is 3. The molecule has 1 aromatic heterocycles. The number of carbonyl (C=O) groups is 2. The van der Waals surface area contributed by atoms with Crippen molar-refractivity contribution in [3.63, 3.8) is 0 Å². The molecule has 0 aliphatic carbocycles. The van der Waals surface area contributed by atoms with Gasteiger partial charge in [0, 0.05) is 12.1 Å². The van der Waals surface area contributed by atoms with E-state index in [2.05, 4.69) is 10.4 Å². The monoisotopic (exact) mass is 294 g/mol. The molecule has 7 nitrogen and oxygen atoms in total. The number of nitrogens with one attached hydrogen (secondary N) is 1. The first-order valence-electron chi connectivity index (χ1n) is 7.18. The molecule has 0 radical (unpaired) electrons. The number of hydrogen-bond donors (Lipinski definition) is 1. The van der Waals surface area contributed by atoms with Gasteiger partial charge in [0.15, 0.2) is 0 Å². The van der Waals surface area contributed by atoms with Crippen LogP contribution in [0.4, 0.5) is 5.82 Å². The zero-order chi connectivity index (χ0) is 15.4. The molecule has 21 heavy (non-hydrogen) atoms. The van der Waals surface area contributed by atoms with E-state index >= 15 is 0 Å². The number of aromatic nitrogens is 2. The van der Waals surface area contributed by atoms with Crippen LogP contribution in [0.3, 0.4) is 0 Å². The highest BCUT2D eigenvalue weighted by atomic mass is 16.5. The molecule has 1 amide bonds. The lowest BCUT2D eigenvalue weighted by molar-refractivity contribution is -0.146. The van der Waals surface area contributed by atoms with E-state index in [0.29, 0.717) is 5.82 Å². The summed E-state index contributed by atoms with van der Waals surface area (Å²) in [5.41, 5.74) is 0. The highest BCUT2D eigenvalue weighted by Crippen LogP contribution is 2.18. The van der Waals surface area contributed by atoms with E-state index in [1.54, 1.807) is 16.9 Å². The first kappa shape index (κ1) is 15.5. The van der Waals surface area contributed by atoms with Gasteiger partial charge in [-0.05, 0) is 33.2 Å². The van der Waals surface area contributed by atoms with Gasteiger partial charge in [0.25, 0.3) is 0 Å². The van der Waals surface area contributed by atoms with Crippen LogP contribution in [0.15, 0.2) is 12.3 Å². The smallest absolute Gasteiger partial charge is 0.323 e. The number of ether oxygens (including phenoxy) is 1. The molecule has 0 spiro atoms. The third-order valence-corrected chi connectivity index (χ3v) is 3.61. The van der Waals surface area contributed by atoms with Gasteiger partial charge in [0.05, 0.1) is 19.9 Å². The van der Waals surface area contributed by atoms with Gasteiger partial charge >= 0.3 is 5.97 Å². The Bertz CT molecular complexity index is 512. The fraction of sp³-hybridized carbons (Fsp3) is 0.643. The van der Waals surface area contributed by atoms with Crippen molar-refractivity contribution in [1.29, 1.82) is 0 Å². The van der Waals surface area contributed by atoms with Crippen LogP contribution >= 0.6 is 0 Å². The second-order valence-electron chi connectivity index (χ2n) is 5.45. The second kappa shape index (κ2) is 6.71. The third-order valence-electron chi connectivity index (χ3n) is 3.61. The molecular formula is C14H22N4O3. The summed E-state index contributed by atoms with van der Waals surface area (Å²) < 4.78 is 6.53. The molecule has 2 rings (SSSR count). The predicted octanol–water partition coefficient (Wildman–Crippen LogP) is 1.04. The van der Waals surface area contributed by atoms with Crippen LogP contribution in [0, 0.1) is 0 Å². The average molecular weight is 294 g/mol. The Hall–Kier alpha value is -1.89. The molecule has 0 saturated carbocycles. The minimum absolute atomic E-state index is 0.145. The summed E-state index contributed by atoms with van der Waals surface area (Å²) in [6.07, 6.45) is 3.30. The van der Waals surface area contributed by atoms with Gasteiger partial charge in [-0.2, -0.15) is 5.10 Å². The van der Waals surface area contributed by atoms with Crippen molar-refractivity contribution in [2.24, 2.45) is 0 Å². The van der Waals surface area contributed by atoms with Gasteiger partial charge in [-0.15, -0.1) is 0 Å². The number of hydrogen-bond acceptors (Lipinski definition) is 5.